The third-order valence-corrected chi connectivity index (χ3v) is 13.0. The number of rotatable bonds is 6. The second-order valence-corrected chi connectivity index (χ2v) is 17.2. The van der Waals surface area contributed by atoms with Crippen molar-refractivity contribution in [2.24, 2.45) is 34.4 Å². The van der Waals surface area contributed by atoms with Crippen LogP contribution in [0.5, 0.6) is 0 Å². The molecule has 22 aliphatic rings. The molecule has 12 unspecified atom stereocenters. The number of aliphatic hydroxyl groups excluding tert-OH is 12. The fourth-order valence-electron chi connectivity index (χ4n) is 9.18. The van der Waals surface area contributed by atoms with Gasteiger partial charge in [0, 0.05) is 39.3 Å². The van der Waals surface area contributed by atoms with E-state index in [1.807, 2.05) is 0 Å². The number of hydrogen-bond donors (Lipinski definition) is 18. The van der Waals surface area contributed by atoms with Gasteiger partial charge in [0.15, 0.2) is 37.7 Å². The summed E-state index contributed by atoms with van der Waals surface area (Å²) in [6, 6.07) is 0. The highest BCUT2D eigenvalue weighted by atomic mass is 16.8. The van der Waals surface area contributed by atoms with Gasteiger partial charge in [-0.15, -0.1) is 0 Å². The van der Waals surface area contributed by atoms with E-state index in [1.165, 1.54) is 0 Å². The molecule has 22 aliphatic heterocycles. The molecule has 0 spiro atoms. The van der Waals surface area contributed by atoms with Gasteiger partial charge in [-0.25, -0.2) is 0 Å². The molecule has 66 heavy (non-hydrogen) atoms. The summed E-state index contributed by atoms with van der Waals surface area (Å²) in [5.41, 5.74) is 35.8. The first-order valence-electron chi connectivity index (χ1n) is 21.7. The molecule has 12 bridgehead atoms. The molecule has 22 saturated heterocycles. The number of ether oxygens (including phenoxy) is 12. The van der Waals surface area contributed by atoms with Gasteiger partial charge < -0.3 is 153 Å². The van der Waals surface area contributed by atoms with E-state index < -0.39 is 224 Å². The fourth-order valence-corrected chi connectivity index (χ4v) is 9.18. The van der Waals surface area contributed by atoms with Crippen molar-refractivity contribution < 1.29 is 118 Å². The van der Waals surface area contributed by atoms with Crippen molar-refractivity contribution >= 4 is 0 Å². The molecule has 0 aromatic heterocycles. The van der Waals surface area contributed by atoms with E-state index in [2.05, 4.69) is 0 Å². The van der Waals surface area contributed by atoms with Crippen LogP contribution in [0.15, 0.2) is 0 Å². The zero-order valence-corrected chi connectivity index (χ0v) is 35.3. The van der Waals surface area contributed by atoms with E-state index in [9.17, 15) is 61.3 Å². The minimum atomic E-state index is -2.00. The van der Waals surface area contributed by atoms with Crippen LogP contribution >= 0.6 is 0 Å². The fraction of sp³-hybridized carbons (Fsp3) is 1.00. The zero-order valence-electron chi connectivity index (χ0n) is 35.3. The summed E-state index contributed by atoms with van der Waals surface area (Å²) >= 11 is 0. The van der Waals surface area contributed by atoms with Crippen molar-refractivity contribution in [1.29, 1.82) is 0 Å². The number of hydrogen-bond acceptors (Lipinski definition) is 30. The predicted octanol–water partition coefficient (Wildman–Crippen LogP) is -13.3. The molecule has 30 heteroatoms. The Labute approximate surface area is 375 Å². The van der Waals surface area contributed by atoms with Gasteiger partial charge in [-0.3, -0.25) is 0 Å². The maximum atomic E-state index is 11.3. The Hall–Kier alpha value is -1.20. The van der Waals surface area contributed by atoms with Gasteiger partial charge in [-0.1, -0.05) is 0 Å². The van der Waals surface area contributed by atoms with Crippen LogP contribution in [0, 0.1) is 0 Å². The summed E-state index contributed by atoms with van der Waals surface area (Å²) in [6.07, 6.45) is -52.2. The third-order valence-electron chi connectivity index (χ3n) is 13.0. The van der Waals surface area contributed by atoms with E-state index in [0.29, 0.717) is 0 Å². The van der Waals surface area contributed by atoms with E-state index in [0.717, 1.165) is 0 Å². The maximum Gasteiger partial charge on any atom is 0.187 e. The highest BCUT2D eigenvalue weighted by molar-refractivity contribution is 5.01. The Morgan fingerprint density at radius 1 is 0.197 bits per heavy atom. The minimum absolute atomic E-state index is 0.424. The second-order valence-electron chi connectivity index (χ2n) is 17.2. The van der Waals surface area contributed by atoms with Gasteiger partial charge in [0.05, 0.1) is 0 Å². The maximum absolute atomic E-state index is 11.3. The van der Waals surface area contributed by atoms with Crippen molar-refractivity contribution in [3.05, 3.63) is 0 Å². The molecule has 22 rings (SSSR count). The van der Waals surface area contributed by atoms with Gasteiger partial charge in [0.1, 0.15) is 146 Å². The lowest BCUT2D eigenvalue weighted by molar-refractivity contribution is -0.398. The lowest BCUT2D eigenvalue weighted by atomic mass is 9.94. The molecule has 384 valence electrons. The zero-order chi connectivity index (χ0) is 48.0. The van der Waals surface area contributed by atoms with Crippen LogP contribution in [0.3, 0.4) is 0 Å². The normalized spacial score (nSPS) is 55.4. The summed E-state index contributed by atoms with van der Waals surface area (Å²) in [6.45, 7) is -2.54. The Morgan fingerprint density at radius 2 is 0.318 bits per heavy atom. The molecule has 0 aliphatic carbocycles. The Kier molecular flexibility index (Phi) is 17.6. The van der Waals surface area contributed by atoms with Crippen molar-refractivity contribution in [3.63, 3.8) is 0 Å². The average Bonchev–Trinajstić information content (AvgIpc) is 3.31. The summed E-state index contributed by atoms with van der Waals surface area (Å²) in [4.78, 5) is 0. The first-order valence-corrected chi connectivity index (χ1v) is 21.7. The number of nitrogens with two attached hydrogens (primary N) is 6. The van der Waals surface area contributed by atoms with Crippen LogP contribution in [0.2, 0.25) is 0 Å². The monoisotopic (exact) mass is 966 g/mol. The van der Waals surface area contributed by atoms with E-state index in [1.54, 1.807) is 0 Å². The van der Waals surface area contributed by atoms with Crippen LogP contribution in [0.25, 0.3) is 0 Å². The summed E-state index contributed by atoms with van der Waals surface area (Å²) < 4.78 is 70.3. The minimum Gasteiger partial charge on any atom is -0.387 e. The van der Waals surface area contributed by atoms with Crippen molar-refractivity contribution in [2.45, 2.75) is 184 Å². The molecule has 0 saturated carbocycles. The second kappa shape index (κ2) is 22.1. The van der Waals surface area contributed by atoms with Crippen molar-refractivity contribution in [2.75, 3.05) is 39.3 Å². The van der Waals surface area contributed by atoms with E-state index in [-0.39, 0.29) is 0 Å². The Morgan fingerprint density at radius 3 is 0.424 bits per heavy atom. The molecule has 30 nitrogen and oxygen atoms in total. The quantitative estimate of drug-likeness (QED) is 0.117. The van der Waals surface area contributed by atoms with Crippen molar-refractivity contribution in [1.82, 2.24) is 0 Å². The molecular weight excluding hydrogens is 900 g/mol. The smallest absolute Gasteiger partial charge is 0.187 e. The average molecular weight is 967 g/mol. The molecule has 0 amide bonds. The molecule has 30 atom stereocenters. The standard InChI is InChI=1S/C36H66N6O24/c37-1-7-25-13(43)19(49)31(55-7)62-26-8(2-38)57-33(21(51)15(26)45)64-28-10(4-40)59-35(23(53)17(28)47)66-30-12(6-42)60-36(24(54)18(30)48)65-29-11(5-41)58-34(22(52)16(29)46)63-27-9(3-39)56-32(61-25)20(50)14(27)44/h7-36,43-54H,1-6,37-42H2/t7?,8?,9?,10?,11?,12?,13-,14-,15-,16-,17-,18-,19?,20?,21?,22?,23?,24?,25-,26-,27-,28-,29-,30-,31-,32-,33-,34-,35-,36-/m1/s1. The summed E-state index contributed by atoms with van der Waals surface area (Å²) in [5, 5.41) is 136. The Bertz CT molecular complexity index is 1260. The van der Waals surface area contributed by atoms with Gasteiger partial charge in [0.25, 0.3) is 0 Å². The highest BCUT2D eigenvalue weighted by Crippen LogP contribution is 2.37. The molecule has 0 aromatic carbocycles. The van der Waals surface area contributed by atoms with E-state index in [4.69, 9.17) is 91.2 Å². The van der Waals surface area contributed by atoms with Gasteiger partial charge >= 0.3 is 0 Å². The lowest BCUT2D eigenvalue weighted by Gasteiger charge is -2.51. The van der Waals surface area contributed by atoms with Gasteiger partial charge in [0.2, 0.25) is 0 Å². The highest BCUT2D eigenvalue weighted by Gasteiger charge is 2.58. The third kappa shape index (κ3) is 10.0. The van der Waals surface area contributed by atoms with Crippen molar-refractivity contribution in [3.8, 4) is 0 Å². The molecule has 24 N–H and O–H groups in total. The molecular formula is C36H66N6O24. The molecule has 0 aromatic rings. The van der Waals surface area contributed by atoms with Crippen LogP contribution < -0.4 is 34.4 Å². The largest absolute Gasteiger partial charge is 0.387 e. The van der Waals surface area contributed by atoms with E-state index >= 15 is 0 Å². The molecule has 22 fully saturated rings. The Balaban J connectivity index is 1.19. The topological polar surface area (TPSA) is 510 Å². The molecule has 0 radical (unpaired) electrons. The van der Waals surface area contributed by atoms with Gasteiger partial charge in [-0.2, -0.15) is 0 Å². The van der Waals surface area contributed by atoms with Crippen LogP contribution in [0.4, 0.5) is 0 Å². The summed E-state index contributed by atoms with van der Waals surface area (Å²) in [7, 11) is 0. The summed E-state index contributed by atoms with van der Waals surface area (Å²) in [5.74, 6) is 0. The van der Waals surface area contributed by atoms with Gasteiger partial charge in [-0.05, 0) is 0 Å². The van der Waals surface area contributed by atoms with Crippen LogP contribution in [-0.4, -0.2) is 285 Å². The van der Waals surface area contributed by atoms with Crippen LogP contribution in [0.1, 0.15) is 0 Å². The SMILES string of the molecule is NCC1O[C@@H]2O[C@@H]3C(CN)O[C@H](O[C@@H]4C(CN)O[C@H](O[C@@H]5C(CN)O[C@H](O[C@@H]6C(CN)O[C@H](O[C@@H]7C(CN)O[C@H](O[C@H]1[C@H](O)C2O)C(O)[C@H]7O)C(O)[C@H]6O)C(O)[C@H]5O)C(O)[C@H]4O)C(O)[C@H]3O. The predicted molar refractivity (Wildman–Crippen MR) is 208 cm³/mol. The first-order chi connectivity index (χ1) is 31.4. The lowest BCUT2D eigenvalue weighted by Crippen LogP contribution is -2.69. The van der Waals surface area contributed by atoms with Crippen LogP contribution in [-0.2, 0) is 56.8 Å². The first kappa shape index (κ1) is 52.6. The molecule has 22 heterocycles. The number of aliphatic hydroxyl groups is 12.